The first-order valence-corrected chi connectivity index (χ1v) is 9.74. The number of aromatic hydroxyl groups is 1. The highest BCUT2D eigenvalue weighted by atomic mass is 16.7. The Morgan fingerprint density at radius 1 is 1.00 bits per heavy atom. The quantitative estimate of drug-likeness (QED) is 0.370. The first kappa shape index (κ1) is 22.1. The number of aliphatic hydroxyl groups is 4. The number of hydrogen-bond donors (Lipinski definition) is 5. The van der Waals surface area contributed by atoms with E-state index < -0.39 is 48.5 Å². The van der Waals surface area contributed by atoms with Crippen LogP contribution in [-0.4, -0.2) is 70.0 Å². The van der Waals surface area contributed by atoms with Gasteiger partial charge < -0.3 is 44.2 Å². The van der Waals surface area contributed by atoms with Crippen molar-refractivity contribution < 1.29 is 44.2 Å². The van der Waals surface area contributed by atoms with Gasteiger partial charge in [-0.2, -0.15) is 0 Å². The zero-order valence-corrected chi connectivity index (χ0v) is 16.9. The first-order valence-electron chi connectivity index (χ1n) is 9.74. The van der Waals surface area contributed by atoms with Crippen LogP contribution in [0.25, 0.3) is 22.1 Å². The molecule has 170 valence electrons. The molecule has 5 N–H and O–H groups in total. The van der Waals surface area contributed by atoms with E-state index in [1.807, 2.05) is 0 Å². The van der Waals surface area contributed by atoms with Gasteiger partial charge in [-0.05, 0) is 17.7 Å². The van der Waals surface area contributed by atoms with Crippen LogP contribution in [0.2, 0.25) is 0 Å². The van der Waals surface area contributed by atoms with Crippen molar-refractivity contribution in [3.63, 3.8) is 0 Å². The van der Waals surface area contributed by atoms with Crippen LogP contribution in [-0.2, 0) is 4.74 Å². The van der Waals surface area contributed by atoms with Crippen LogP contribution in [0.1, 0.15) is 0 Å². The molecule has 0 aliphatic carbocycles. The smallest absolute Gasteiger partial charge is 0.229 e. The molecule has 0 saturated carbocycles. The lowest BCUT2D eigenvalue weighted by molar-refractivity contribution is -0.277. The molecule has 5 atom stereocenters. The maximum absolute atomic E-state index is 13.0. The van der Waals surface area contributed by atoms with E-state index in [9.17, 15) is 30.3 Å². The molecule has 1 fully saturated rings. The summed E-state index contributed by atoms with van der Waals surface area (Å²) in [6, 6.07) is 9.20. The molecule has 0 spiro atoms. The highest BCUT2D eigenvalue weighted by Gasteiger charge is 2.44. The van der Waals surface area contributed by atoms with Gasteiger partial charge in [0.1, 0.15) is 58.9 Å². The lowest BCUT2D eigenvalue weighted by Gasteiger charge is -2.39. The molecule has 1 aliphatic heterocycles. The van der Waals surface area contributed by atoms with Crippen molar-refractivity contribution in [3.05, 3.63) is 52.9 Å². The van der Waals surface area contributed by atoms with Crippen molar-refractivity contribution in [1.29, 1.82) is 0 Å². The number of aliphatic hydroxyl groups excluding tert-OH is 4. The molecule has 32 heavy (non-hydrogen) atoms. The van der Waals surface area contributed by atoms with Gasteiger partial charge in [-0.1, -0.05) is 12.1 Å². The molecule has 10 heteroatoms. The third kappa shape index (κ3) is 3.90. The fourth-order valence-electron chi connectivity index (χ4n) is 3.54. The maximum atomic E-state index is 13.0. The Labute approximate surface area is 181 Å². The normalized spacial score (nSPS) is 25.6. The van der Waals surface area contributed by atoms with E-state index in [0.717, 1.165) is 6.07 Å². The number of phenols is 1. The van der Waals surface area contributed by atoms with E-state index in [0.29, 0.717) is 11.3 Å². The molecule has 0 bridgehead atoms. The van der Waals surface area contributed by atoms with Crippen molar-refractivity contribution >= 4 is 11.0 Å². The van der Waals surface area contributed by atoms with Crippen molar-refractivity contribution in [2.75, 3.05) is 13.7 Å². The van der Waals surface area contributed by atoms with Gasteiger partial charge in [-0.3, -0.25) is 4.79 Å². The molecule has 2 aromatic carbocycles. The third-order valence-electron chi connectivity index (χ3n) is 5.33. The van der Waals surface area contributed by atoms with Gasteiger partial charge in [0.05, 0.1) is 19.3 Å². The summed E-state index contributed by atoms with van der Waals surface area (Å²) in [5, 5.41) is 49.6. The average Bonchev–Trinajstić information content (AvgIpc) is 2.79. The van der Waals surface area contributed by atoms with Crippen LogP contribution in [0, 0.1) is 0 Å². The van der Waals surface area contributed by atoms with Gasteiger partial charge >= 0.3 is 0 Å². The standard InChI is InChI=1S/C22H22O10/c1-29-11-4-2-10(3-5-11)13-9-30-15-7-12(6-14(24)17(15)18(13)25)31-22-21(28)20(27)19(26)16(8-23)32-22/h2-7,9,16,19-24,26-28H,8H2,1H3/t16-,19+,20+,21-,22-/m0/s1. The van der Waals surface area contributed by atoms with Crippen LogP contribution in [0.5, 0.6) is 17.2 Å². The molecule has 4 rings (SSSR count). The minimum atomic E-state index is -1.63. The summed E-state index contributed by atoms with van der Waals surface area (Å²) in [5.41, 5.74) is 0.362. The molecule has 1 aromatic heterocycles. The lowest BCUT2D eigenvalue weighted by Crippen LogP contribution is -2.60. The zero-order chi connectivity index (χ0) is 23.0. The number of phenolic OH excluding ortho intramolecular Hbond substituents is 1. The molecule has 1 saturated heterocycles. The van der Waals surface area contributed by atoms with E-state index in [-0.39, 0.29) is 22.3 Å². The number of fused-ring (bicyclic) bond motifs is 1. The monoisotopic (exact) mass is 446 g/mol. The molecule has 2 heterocycles. The maximum Gasteiger partial charge on any atom is 0.229 e. The lowest BCUT2D eigenvalue weighted by atomic mass is 9.99. The molecule has 0 amide bonds. The van der Waals surface area contributed by atoms with Gasteiger partial charge in [0.2, 0.25) is 11.7 Å². The van der Waals surface area contributed by atoms with Crippen LogP contribution in [0.15, 0.2) is 51.9 Å². The molecule has 1 aliphatic rings. The van der Waals surface area contributed by atoms with Gasteiger partial charge in [0.25, 0.3) is 0 Å². The van der Waals surface area contributed by atoms with E-state index >= 15 is 0 Å². The Morgan fingerprint density at radius 2 is 1.72 bits per heavy atom. The summed E-state index contributed by atoms with van der Waals surface area (Å²) in [7, 11) is 1.53. The number of benzene rings is 2. The van der Waals surface area contributed by atoms with E-state index in [1.165, 1.54) is 19.4 Å². The third-order valence-corrected chi connectivity index (χ3v) is 5.33. The van der Waals surface area contributed by atoms with Gasteiger partial charge in [-0.25, -0.2) is 0 Å². The van der Waals surface area contributed by atoms with E-state index in [1.54, 1.807) is 24.3 Å². The van der Waals surface area contributed by atoms with E-state index in [4.69, 9.17) is 18.6 Å². The predicted octanol–water partition coefficient (Wildman–Crippen LogP) is 0.353. The topological polar surface area (TPSA) is 159 Å². The Kier molecular flexibility index (Phi) is 6.04. The SMILES string of the molecule is COc1ccc(-c2coc3cc(O[C@H]4O[C@@H](CO)[C@@H](O)[C@@H](O)[C@@H]4O)cc(O)c3c2=O)cc1. The highest BCUT2D eigenvalue weighted by molar-refractivity contribution is 5.88. The van der Waals surface area contributed by atoms with Crippen molar-refractivity contribution in [2.45, 2.75) is 30.7 Å². The summed E-state index contributed by atoms with van der Waals surface area (Å²) in [4.78, 5) is 13.0. The number of hydrogen-bond acceptors (Lipinski definition) is 10. The Hall–Kier alpha value is -3.15. The van der Waals surface area contributed by atoms with Gasteiger partial charge in [0, 0.05) is 12.1 Å². The van der Waals surface area contributed by atoms with Crippen LogP contribution >= 0.6 is 0 Å². The Bertz CT molecular complexity index is 1150. The number of methoxy groups -OCH3 is 1. The number of rotatable bonds is 5. The van der Waals surface area contributed by atoms with Gasteiger partial charge in [-0.15, -0.1) is 0 Å². The molecular weight excluding hydrogens is 424 g/mol. The second-order valence-corrected chi connectivity index (χ2v) is 7.34. The van der Waals surface area contributed by atoms with Gasteiger partial charge in [0.15, 0.2) is 0 Å². The summed E-state index contributed by atoms with van der Waals surface area (Å²) in [5.74, 6) is 0.169. The van der Waals surface area contributed by atoms with Crippen LogP contribution < -0.4 is 14.9 Å². The fraction of sp³-hybridized carbons (Fsp3) is 0.318. The molecule has 3 aromatic rings. The molecule has 0 unspecified atom stereocenters. The summed E-state index contributed by atoms with van der Waals surface area (Å²) >= 11 is 0. The summed E-state index contributed by atoms with van der Waals surface area (Å²) in [6.45, 7) is -0.614. The van der Waals surface area contributed by atoms with Crippen LogP contribution in [0.3, 0.4) is 0 Å². The Morgan fingerprint density at radius 3 is 2.38 bits per heavy atom. The van der Waals surface area contributed by atoms with Crippen molar-refractivity contribution in [1.82, 2.24) is 0 Å². The van der Waals surface area contributed by atoms with E-state index in [2.05, 4.69) is 0 Å². The number of ether oxygens (including phenoxy) is 3. The minimum Gasteiger partial charge on any atom is -0.507 e. The van der Waals surface area contributed by atoms with Crippen molar-refractivity contribution in [3.8, 4) is 28.4 Å². The largest absolute Gasteiger partial charge is 0.507 e. The average molecular weight is 446 g/mol. The highest BCUT2D eigenvalue weighted by Crippen LogP contribution is 2.32. The van der Waals surface area contributed by atoms with Crippen molar-refractivity contribution in [2.24, 2.45) is 0 Å². The predicted molar refractivity (Wildman–Crippen MR) is 111 cm³/mol. The molecular formula is C22H22O10. The molecule has 10 nitrogen and oxygen atoms in total. The first-order chi connectivity index (χ1) is 15.3. The summed E-state index contributed by atoms with van der Waals surface area (Å²) < 4.78 is 21.4. The summed E-state index contributed by atoms with van der Waals surface area (Å²) in [6.07, 6.45) is -6.14. The zero-order valence-electron chi connectivity index (χ0n) is 16.9. The molecule has 0 radical (unpaired) electrons. The minimum absolute atomic E-state index is 0.0202. The van der Waals surface area contributed by atoms with Crippen LogP contribution in [0.4, 0.5) is 0 Å². The second kappa shape index (κ2) is 8.77. The fourth-order valence-corrected chi connectivity index (χ4v) is 3.54. The Balaban J connectivity index is 1.66. The second-order valence-electron chi connectivity index (χ2n) is 7.34.